The molecule has 0 unspecified atom stereocenters. The Balaban J connectivity index is 1.75. The molecule has 28 heavy (non-hydrogen) atoms. The van der Waals surface area contributed by atoms with E-state index in [1.165, 1.54) is 17.5 Å². The number of nitrogens with one attached hydrogen (secondary N) is 1. The maximum absolute atomic E-state index is 12.9. The van der Waals surface area contributed by atoms with E-state index in [9.17, 15) is 8.42 Å². The van der Waals surface area contributed by atoms with Crippen LogP contribution in [-0.4, -0.2) is 48.1 Å². The molecule has 0 saturated heterocycles. The fraction of sp³-hybridized carbons (Fsp3) is 0.455. The van der Waals surface area contributed by atoms with Crippen LogP contribution in [0.3, 0.4) is 0 Å². The summed E-state index contributed by atoms with van der Waals surface area (Å²) in [4.78, 5) is 4.46. The molecule has 1 aliphatic rings. The van der Waals surface area contributed by atoms with E-state index in [1.807, 2.05) is 50.1 Å². The van der Waals surface area contributed by atoms with Gasteiger partial charge in [-0.3, -0.25) is 0 Å². The van der Waals surface area contributed by atoms with Crippen molar-refractivity contribution in [3.05, 3.63) is 59.2 Å². The molecule has 2 aromatic rings. The first-order valence-electron chi connectivity index (χ1n) is 9.83. The number of hydrogen-bond acceptors (Lipinski definition) is 4. The van der Waals surface area contributed by atoms with Crippen molar-refractivity contribution < 1.29 is 8.42 Å². The quantitative estimate of drug-likeness (QED) is 0.774. The summed E-state index contributed by atoms with van der Waals surface area (Å²) in [5.41, 5.74) is 4.68. The summed E-state index contributed by atoms with van der Waals surface area (Å²) in [5, 5.41) is 0. The molecule has 0 radical (unpaired) electrons. The fourth-order valence-electron chi connectivity index (χ4n) is 3.74. The molecule has 0 spiro atoms. The van der Waals surface area contributed by atoms with Crippen LogP contribution in [0.25, 0.3) is 0 Å². The van der Waals surface area contributed by atoms with Crippen LogP contribution in [0.1, 0.15) is 35.6 Å². The van der Waals surface area contributed by atoms with Gasteiger partial charge in [0, 0.05) is 32.4 Å². The van der Waals surface area contributed by atoms with Crippen LogP contribution in [0.2, 0.25) is 0 Å². The van der Waals surface area contributed by atoms with Crippen LogP contribution in [0.5, 0.6) is 0 Å². The minimum absolute atomic E-state index is 0.0383. The van der Waals surface area contributed by atoms with E-state index in [0.29, 0.717) is 11.4 Å². The lowest BCUT2D eigenvalue weighted by Crippen LogP contribution is -2.34. The van der Waals surface area contributed by atoms with E-state index in [2.05, 4.69) is 29.0 Å². The van der Waals surface area contributed by atoms with Crippen molar-refractivity contribution in [3.8, 4) is 0 Å². The average Bonchev–Trinajstić information content (AvgIpc) is 2.67. The molecule has 0 amide bonds. The maximum Gasteiger partial charge on any atom is 0.240 e. The van der Waals surface area contributed by atoms with E-state index in [0.717, 1.165) is 30.5 Å². The molecule has 6 heteroatoms. The minimum atomic E-state index is -3.54. The van der Waals surface area contributed by atoms with E-state index in [1.54, 1.807) is 6.07 Å². The predicted molar refractivity (Wildman–Crippen MR) is 115 cm³/mol. The smallest absolute Gasteiger partial charge is 0.240 e. The summed E-state index contributed by atoms with van der Waals surface area (Å²) in [6.45, 7) is 0.327. The van der Waals surface area contributed by atoms with Gasteiger partial charge in [0.15, 0.2) is 0 Å². The largest absolute Gasteiger partial charge is 0.378 e. The molecule has 152 valence electrons. The van der Waals surface area contributed by atoms with Gasteiger partial charge in [-0.2, -0.15) is 0 Å². The van der Waals surface area contributed by atoms with Crippen molar-refractivity contribution in [2.75, 3.05) is 39.6 Å². The lowest BCUT2D eigenvalue weighted by Gasteiger charge is -2.26. The first-order valence-corrected chi connectivity index (χ1v) is 11.3. The standard InChI is InChI=1S/C22H31N3O2S/c1-24(2)20-12-9-18(10-13-20)22(25(3)4)16-23-28(26,27)21-14-11-17-7-5-6-8-19(17)15-21/h9-15,22-23H,5-8,16H2,1-4H3/t22-/m0/s1. The Kier molecular flexibility index (Phi) is 6.43. The van der Waals surface area contributed by atoms with Gasteiger partial charge in [-0.05, 0) is 80.7 Å². The van der Waals surface area contributed by atoms with Gasteiger partial charge in [0.25, 0.3) is 0 Å². The lowest BCUT2D eigenvalue weighted by atomic mass is 9.92. The molecular weight excluding hydrogens is 370 g/mol. The van der Waals surface area contributed by atoms with Crippen molar-refractivity contribution in [3.63, 3.8) is 0 Å². The molecule has 0 saturated carbocycles. The predicted octanol–water partition coefficient (Wildman–Crippen LogP) is 3.21. The number of aryl methyl sites for hydroxylation is 2. The minimum Gasteiger partial charge on any atom is -0.378 e. The van der Waals surface area contributed by atoms with Crippen molar-refractivity contribution in [2.45, 2.75) is 36.6 Å². The molecule has 5 nitrogen and oxygen atoms in total. The van der Waals surface area contributed by atoms with Gasteiger partial charge >= 0.3 is 0 Å². The molecule has 2 aromatic carbocycles. The van der Waals surface area contributed by atoms with Crippen LogP contribution in [0, 0.1) is 0 Å². The highest BCUT2D eigenvalue weighted by Crippen LogP contribution is 2.25. The molecular formula is C22H31N3O2S. The number of fused-ring (bicyclic) bond motifs is 1. The summed E-state index contributed by atoms with van der Waals surface area (Å²) >= 11 is 0. The van der Waals surface area contributed by atoms with E-state index >= 15 is 0 Å². The number of benzene rings is 2. The van der Waals surface area contributed by atoms with Crippen LogP contribution in [0.4, 0.5) is 5.69 Å². The van der Waals surface area contributed by atoms with E-state index in [4.69, 9.17) is 0 Å². The molecule has 3 rings (SSSR count). The monoisotopic (exact) mass is 401 g/mol. The SMILES string of the molecule is CN(C)c1ccc([C@H](CNS(=O)(=O)c2ccc3c(c2)CCCC3)N(C)C)cc1. The van der Waals surface area contributed by atoms with Crippen molar-refractivity contribution in [1.29, 1.82) is 0 Å². The Labute approximate surface area is 169 Å². The molecule has 1 N–H and O–H groups in total. The molecule has 0 bridgehead atoms. The number of likely N-dealkylation sites (N-methyl/N-ethyl adjacent to an activating group) is 1. The topological polar surface area (TPSA) is 52.7 Å². The first kappa shape index (κ1) is 20.8. The Hall–Kier alpha value is -1.89. The summed E-state index contributed by atoms with van der Waals surface area (Å²) in [6, 6.07) is 13.8. The molecule has 0 heterocycles. The van der Waals surface area contributed by atoms with E-state index < -0.39 is 10.0 Å². The highest BCUT2D eigenvalue weighted by Gasteiger charge is 2.21. The summed E-state index contributed by atoms with van der Waals surface area (Å²) in [7, 11) is 4.41. The highest BCUT2D eigenvalue weighted by atomic mass is 32.2. The molecule has 0 aliphatic heterocycles. The fourth-order valence-corrected chi connectivity index (χ4v) is 4.83. The van der Waals surface area contributed by atoms with Crippen LogP contribution in [-0.2, 0) is 22.9 Å². The first-order chi connectivity index (χ1) is 13.3. The van der Waals surface area contributed by atoms with Crippen molar-refractivity contribution in [1.82, 2.24) is 9.62 Å². The number of hydrogen-bond donors (Lipinski definition) is 1. The Morgan fingerprint density at radius 1 is 0.929 bits per heavy atom. The Morgan fingerprint density at radius 3 is 2.18 bits per heavy atom. The van der Waals surface area contributed by atoms with Gasteiger partial charge < -0.3 is 9.80 Å². The summed E-state index contributed by atoms with van der Waals surface area (Å²) in [5.74, 6) is 0. The van der Waals surface area contributed by atoms with Gasteiger partial charge in [0.1, 0.15) is 0 Å². The second-order valence-corrected chi connectivity index (χ2v) is 9.72. The zero-order valence-corrected chi connectivity index (χ0v) is 18.1. The third kappa shape index (κ3) is 4.74. The summed E-state index contributed by atoms with van der Waals surface area (Å²) < 4.78 is 28.6. The number of sulfonamides is 1. The summed E-state index contributed by atoms with van der Waals surface area (Å²) in [6.07, 6.45) is 4.34. The number of nitrogens with zero attached hydrogens (tertiary/aromatic N) is 2. The van der Waals surface area contributed by atoms with Gasteiger partial charge in [-0.15, -0.1) is 0 Å². The van der Waals surface area contributed by atoms with Crippen LogP contribution >= 0.6 is 0 Å². The third-order valence-electron chi connectivity index (χ3n) is 5.51. The average molecular weight is 402 g/mol. The van der Waals surface area contributed by atoms with Gasteiger partial charge in [0.2, 0.25) is 10.0 Å². The van der Waals surface area contributed by atoms with Gasteiger partial charge in [-0.1, -0.05) is 18.2 Å². The van der Waals surface area contributed by atoms with Crippen molar-refractivity contribution in [2.24, 2.45) is 0 Å². The van der Waals surface area contributed by atoms with Crippen LogP contribution in [0.15, 0.2) is 47.4 Å². The molecule has 1 atom stereocenters. The van der Waals surface area contributed by atoms with Crippen molar-refractivity contribution >= 4 is 15.7 Å². The zero-order chi connectivity index (χ0) is 20.3. The second-order valence-electron chi connectivity index (χ2n) is 7.95. The molecule has 0 aromatic heterocycles. The maximum atomic E-state index is 12.9. The second kappa shape index (κ2) is 8.64. The van der Waals surface area contributed by atoms with E-state index in [-0.39, 0.29) is 6.04 Å². The third-order valence-corrected chi connectivity index (χ3v) is 6.94. The zero-order valence-electron chi connectivity index (χ0n) is 17.3. The number of anilines is 1. The van der Waals surface area contributed by atoms with Gasteiger partial charge in [0.05, 0.1) is 4.90 Å². The Bertz CT molecular complexity index is 906. The highest BCUT2D eigenvalue weighted by molar-refractivity contribution is 7.89. The normalized spacial score (nSPS) is 15.3. The van der Waals surface area contributed by atoms with Gasteiger partial charge in [-0.25, -0.2) is 13.1 Å². The van der Waals surface area contributed by atoms with Crippen LogP contribution < -0.4 is 9.62 Å². The molecule has 1 aliphatic carbocycles. The molecule has 0 fully saturated rings. The Morgan fingerprint density at radius 2 is 1.57 bits per heavy atom. The lowest BCUT2D eigenvalue weighted by molar-refractivity contribution is 0.299. The number of rotatable bonds is 7.